The zero-order valence-electron chi connectivity index (χ0n) is 57.8. The average Bonchev–Trinajstić information content (AvgIpc) is 1.48. The molecular formula is C86H108. The Labute approximate surface area is 525 Å². The third-order valence-corrected chi connectivity index (χ3v) is 15.9. The largest absolute Gasteiger partial charge is 0.0623 e. The van der Waals surface area contributed by atoms with Crippen LogP contribution in [0.5, 0.6) is 0 Å². The lowest BCUT2D eigenvalue weighted by molar-refractivity contribution is 0.530. The molecule has 6 rings (SSSR count). The molecule has 0 saturated heterocycles. The number of allylic oxidation sites excluding steroid dienone is 8. The Bertz CT molecular complexity index is 3160. The van der Waals surface area contributed by atoms with E-state index < -0.39 is 0 Å². The van der Waals surface area contributed by atoms with E-state index in [9.17, 15) is 0 Å². The van der Waals surface area contributed by atoms with E-state index in [0.29, 0.717) is 0 Å². The van der Waals surface area contributed by atoms with Crippen LogP contribution < -0.4 is 0 Å². The summed E-state index contributed by atoms with van der Waals surface area (Å²) in [6.07, 6.45) is 39.4. The van der Waals surface area contributed by atoms with Gasteiger partial charge in [0.2, 0.25) is 0 Å². The minimum atomic E-state index is 0.0365. The number of hydrogen-bond acceptors (Lipinski definition) is 0. The lowest BCUT2D eigenvalue weighted by atomic mass is 9.74. The molecule has 0 saturated carbocycles. The first-order valence-electron chi connectivity index (χ1n) is 31.6. The van der Waals surface area contributed by atoms with Gasteiger partial charge in [-0.2, -0.15) is 0 Å². The van der Waals surface area contributed by atoms with Crippen molar-refractivity contribution in [1.82, 2.24) is 0 Å². The van der Waals surface area contributed by atoms with Gasteiger partial charge in [0.25, 0.3) is 0 Å². The van der Waals surface area contributed by atoms with E-state index >= 15 is 0 Å². The summed E-state index contributed by atoms with van der Waals surface area (Å²) in [6, 6.07) is 41.7. The monoisotopic (exact) mass is 1140 g/mol. The first-order chi connectivity index (χ1) is 39.7. The smallest absolute Gasteiger partial charge is 0.0129 e. The topological polar surface area (TPSA) is 0 Å². The standard InChI is InChI=1S/C86H108/c1-79(2,3)71-47-43-61(57-75(71)83(13,14)15)35-39-67-51-65(52-68(55-67)40-36-62-44-48-72(80(4,5)6)76(58-62)84(16,17)18)33-31-29-27-25-26-28-30-32-34-66-53-69(41-37-63-45-49-73(81(7,8)9)77(59-63)85(19,20)21)56-70(54-66)42-38-64-46-50-74(82(10,11)12)78(60-64)86(22,23)24/h25-60H,1-24H3/b26-25+,29-27+,30-28+,33-31+,34-32+,39-35+,40-36+,41-37+,42-38+. The molecule has 0 unspecified atom stereocenters. The Kier molecular flexibility index (Phi) is 21.3. The van der Waals surface area contributed by atoms with Gasteiger partial charge in [-0.25, -0.2) is 0 Å². The fourth-order valence-corrected chi connectivity index (χ4v) is 11.2. The van der Waals surface area contributed by atoms with Gasteiger partial charge in [-0.05, 0) is 180 Å². The van der Waals surface area contributed by atoms with Crippen LogP contribution in [0.2, 0.25) is 0 Å². The Balaban J connectivity index is 1.26. The van der Waals surface area contributed by atoms with Crippen molar-refractivity contribution < 1.29 is 0 Å². The van der Waals surface area contributed by atoms with E-state index in [1.807, 2.05) is 0 Å². The predicted molar refractivity (Wildman–Crippen MR) is 389 cm³/mol. The summed E-state index contributed by atoms with van der Waals surface area (Å²) < 4.78 is 0. The maximum atomic E-state index is 2.39. The van der Waals surface area contributed by atoms with Crippen LogP contribution in [0.1, 0.15) is 266 Å². The first-order valence-corrected chi connectivity index (χ1v) is 31.6. The lowest BCUT2D eigenvalue weighted by Crippen LogP contribution is -2.22. The van der Waals surface area contributed by atoms with Crippen LogP contribution in [-0.2, 0) is 43.3 Å². The second kappa shape index (κ2) is 26.9. The average molecular weight is 1140 g/mol. The molecule has 0 bridgehead atoms. The van der Waals surface area contributed by atoms with Crippen molar-refractivity contribution in [2.45, 2.75) is 209 Å². The Hall–Kier alpha value is -7.02. The number of hydrogen-bond donors (Lipinski definition) is 0. The second-order valence-corrected chi connectivity index (χ2v) is 32.3. The molecule has 0 amide bonds. The summed E-state index contributed by atoms with van der Waals surface area (Å²) in [5.41, 5.74) is 23.4. The molecule has 0 nitrogen and oxygen atoms in total. The third kappa shape index (κ3) is 19.8. The molecule has 0 spiro atoms. The van der Waals surface area contributed by atoms with Crippen molar-refractivity contribution in [2.75, 3.05) is 0 Å². The van der Waals surface area contributed by atoms with Crippen molar-refractivity contribution in [2.24, 2.45) is 0 Å². The predicted octanol–water partition coefficient (Wildman–Crippen LogP) is 25.1. The van der Waals surface area contributed by atoms with E-state index in [0.717, 1.165) is 33.4 Å². The molecule has 0 atom stereocenters. The molecule has 0 heteroatoms. The van der Waals surface area contributed by atoms with Crippen LogP contribution >= 0.6 is 0 Å². The van der Waals surface area contributed by atoms with Crippen LogP contribution in [-0.4, -0.2) is 0 Å². The minimum Gasteiger partial charge on any atom is -0.0623 e. The van der Waals surface area contributed by atoms with Gasteiger partial charge in [0, 0.05) is 0 Å². The number of benzene rings is 6. The Morgan fingerprint density at radius 1 is 0.151 bits per heavy atom. The van der Waals surface area contributed by atoms with Crippen LogP contribution in [0.25, 0.3) is 60.8 Å². The van der Waals surface area contributed by atoms with Crippen molar-refractivity contribution in [1.29, 1.82) is 0 Å². The molecule has 0 aliphatic rings. The van der Waals surface area contributed by atoms with Gasteiger partial charge < -0.3 is 0 Å². The van der Waals surface area contributed by atoms with Crippen LogP contribution in [0.4, 0.5) is 0 Å². The zero-order chi connectivity index (χ0) is 63.8. The third-order valence-electron chi connectivity index (χ3n) is 15.9. The molecule has 0 aliphatic carbocycles. The molecule has 0 radical (unpaired) electrons. The molecule has 452 valence electrons. The summed E-state index contributed by atoms with van der Waals surface area (Å²) in [7, 11) is 0. The highest BCUT2D eigenvalue weighted by Crippen LogP contribution is 2.39. The van der Waals surface area contributed by atoms with E-state index in [1.54, 1.807) is 0 Å². The summed E-state index contributed by atoms with van der Waals surface area (Å²) in [5, 5.41) is 0. The summed E-state index contributed by atoms with van der Waals surface area (Å²) in [5.74, 6) is 0. The molecule has 6 aromatic rings. The van der Waals surface area contributed by atoms with E-state index in [2.05, 4.69) is 385 Å². The Morgan fingerprint density at radius 3 is 0.477 bits per heavy atom. The molecule has 0 fully saturated rings. The summed E-state index contributed by atoms with van der Waals surface area (Å²) >= 11 is 0. The summed E-state index contributed by atoms with van der Waals surface area (Å²) in [4.78, 5) is 0. The van der Waals surface area contributed by atoms with Crippen LogP contribution in [0.3, 0.4) is 0 Å². The van der Waals surface area contributed by atoms with E-state index in [4.69, 9.17) is 0 Å². The Morgan fingerprint density at radius 2 is 0.302 bits per heavy atom. The first kappa shape index (κ1) is 68.1. The number of rotatable bonds is 14. The fraction of sp³-hybridized carbons (Fsp3) is 0.372. The molecule has 86 heavy (non-hydrogen) atoms. The maximum absolute atomic E-state index is 2.39. The van der Waals surface area contributed by atoms with Crippen LogP contribution in [0.15, 0.2) is 158 Å². The lowest BCUT2D eigenvalue weighted by Gasteiger charge is -2.30. The van der Waals surface area contributed by atoms with Gasteiger partial charge in [-0.15, -0.1) is 0 Å². The van der Waals surface area contributed by atoms with E-state index in [-0.39, 0.29) is 43.3 Å². The van der Waals surface area contributed by atoms with Gasteiger partial charge in [-0.1, -0.05) is 348 Å². The van der Waals surface area contributed by atoms with Crippen molar-refractivity contribution in [3.63, 3.8) is 0 Å². The van der Waals surface area contributed by atoms with Gasteiger partial charge in [0.1, 0.15) is 0 Å². The highest BCUT2D eigenvalue weighted by atomic mass is 14.3. The molecule has 0 N–H and O–H groups in total. The highest BCUT2D eigenvalue weighted by Gasteiger charge is 2.29. The molecule has 0 heterocycles. The second-order valence-electron chi connectivity index (χ2n) is 32.3. The molecule has 6 aromatic carbocycles. The van der Waals surface area contributed by atoms with Gasteiger partial charge in [-0.3, -0.25) is 0 Å². The minimum absolute atomic E-state index is 0.0365. The van der Waals surface area contributed by atoms with Gasteiger partial charge >= 0.3 is 0 Å². The molecular weight excluding hydrogens is 1030 g/mol. The van der Waals surface area contributed by atoms with E-state index in [1.165, 1.54) is 66.8 Å². The van der Waals surface area contributed by atoms with Crippen molar-refractivity contribution in [3.05, 3.63) is 258 Å². The SMILES string of the molecule is CC(C)(C)c1ccc(/C=C/c2cc(/C=C/C=C/C=C/C=C/C=C/c3cc(/C=C/c4ccc(C(C)(C)C)c(C(C)(C)C)c4)cc(/C=C/c4ccc(C(C)(C)C)c(C(C)(C)C)c4)c3)cc(/C=C/c3ccc(C(C)(C)C)c(C(C)(C)C)c3)c2)cc1C(C)(C)C. The van der Waals surface area contributed by atoms with Crippen LogP contribution in [0, 0.1) is 0 Å². The maximum Gasteiger partial charge on any atom is -0.0129 e. The molecule has 0 aromatic heterocycles. The fourth-order valence-electron chi connectivity index (χ4n) is 11.2. The zero-order valence-corrected chi connectivity index (χ0v) is 57.8. The van der Waals surface area contributed by atoms with Crippen molar-refractivity contribution >= 4 is 60.8 Å². The van der Waals surface area contributed by atoms with Gasteiger partial charge in [0.15, 0.2) is 0 Å². The van der Waals surface area contributed by atoms with Crippen molar-refractivity contribution in [3.8, 4) is 0 Å². The molecule has 0 aliphatic heterocycles. The normalized spacial score (nSPS) is 14.1. The summed E-state index contributed by atoms with van der Waals surface area (Å²) in [6.45, 7) is 55.6. The quantitative estimate of drug-likeness (QED) is 0.0753. The highest BCUT2D eigenvalue weighted by molar-refractivity contribution is 5.79. The van der Waals surface area contributed by atoms with Gasteiger partial charge in [0.05, 0.1) is 0 Å².